The zero-order chi connectivity index (χ0) is 18.0. The first-order valence-electron chi connectivity index (χ1n) is 7.42. The number of ether oxygens (including phenoxy) is 1. The Morgan fingerprint density at radius 1 is 1.40 bits per heavy atom. The van der Waals surface area contributed by atoms with Gasteiger partial charge in [0.05, 0.1) is 11.6 Å². The molecular formula is C17H15N3O4S. The molecule has 25 heavy (non-hydrogen) atoms. The minimum atomic E-state index is -1.07. The minimum Gasteiger partial charge on any atom is -0.481 e. The monoisotopic (exact) mass is 357 g/mol. The summed E-state index contributed by atoms with van der Waals surface area (Å²) in [5.41, 5.74) is 1.23. The fourth-order valence-electron chi connectivity index (χ4n) is 2.29. The smallest absolute Gasteiger partial charge is 0.341 e. The van der Waals surface area contributed by atoms with E-state index in [1.165, 1.54) is 23.9 Å². The molecule has 128 valence electrons. The molecule has 0 aliphatic rings. The number of carboxylic acids is 1. The Kier molecular flexibility index (Phi) is 4.62. The molecule has 0 amide bonds. The van der Waals surface area contributed by atoms with Gasteiger partial charge in [0.25, 0.3) is 5.56 Å². The summed E-state index contributed by atoms with van der Waals surface area (Å²) in [5, 5.41) is 13.5. The van der Waals surface area contributed by atoms with Crippen molar-refractivity contribution in [1.82, 2.24) is 9.66 Å². The van der Waals surface area contributed by atoms with E-state index in [9.17, 15) is 9.59 Å². The average Bonchev–Trinajstić information content (AvgIpc) is 2.88. The molecule has 2 heterocycles. The van der Waals surface area contributed by atoms with Gasteiger partial charge in [0, 0.05) is 10.4 Å². The summed E-state index contributed by atoms with van der Waals surface area (Å²) in [5.74, 6) is -0.695. The number of carbonyl (C=O) groups is 1. The van der Waals surface area contributed by atoms with Crippen LogP contribution >= 0.6 is 11.3 Å². The number of hydrogen-bond acceptors (Lipinski definition) is 6. The van der Waals surface area contributed by atoms with E-state index in [2.05, 4.69) is 10.1 Å². The maximum absolute atomic E-state index is 12.6. The Labute approximate surface area is 146 Å². The van der Waals surface area contributed by atoms with Gasteiger partial charge in [0.2, 0.25) is 0 Å². The van der Waals surface area contributed by atoms with E-state index in [-0.39, 0.29) is 5.56 Å². The molecule has 0 radical (unpaired) electrons. The van der Waals surface area contributed by atoms with E-state index in [0.29, 0.717) is 21.5 Å². The third-order valence-corrected chi connectivity index (χ3v) is 4.78. The number of carboxylic acid groups (broad SMARTS) is 1. The number of aliphatic carboxylic acids is 1. The average molecular weight is 357 g/mol. The molecule has 0 spiro atoms. The molecule has 0 unspecified atom stereocenters. The van der Waals surface area contributed by atoms with E-state index >= 15 is 0 Å². The molecule has 0 saturated heterocycles. The van der Waals surface area contributed by atoms with Crippen LogP contribution in [0.2, 0.25) is 0 Å². The topological polar surface area (TPSA) is 93.8 Å². The molecule has 3 rings (SSSR count). The van der Waals surface area contributed by atoms with Crippen molar-refractivity contribution < 1.29 is 14.6 Å². The summed E-state index contributed by atoms with van der Waals surface area (Å²) in [7, 11) is 0. The van der Waals surface area contributed by atoms with E-state index in [1.54, 1.807) is 24.3 Å². The predicted octanol–water partition coefficient (Wildman–Crippen LogP) is 2.42. The zero-order valence-corrected chi connectivity index (χ0v) is 14.4. The SMILES string of the molecule is Cc1sc2ncn(/N=C\c3ccccc3OCC(=O)O)c(=O)c2c1C. The molecule has 1 aromatic carbocycles. The first kappa shape index (κ1) is 16.8. The number of para-hydroxylation sites is 1. The molecule has 7 nitrogen and oxygen atoms in total. The van der Waals surface area contributed by atoms with Gasteiger partial charge in [0.15, 0.2) is 6.61 Å². The Morgan fingerprint density at radius 2 is 2.16 bits per heavy atom. The van der Waals surface area contributed by atoms with Gasteiger partial charge in [-0.2, -0.15) is 9.78 Å². The summed E-state index contributed by atoms with van der Waals surface area (Å²) in [6.45, 7) is 3.39. The Balaban J connectivity index is 1.97. The van der Waals surface area contributed by atoms with Crippen LogP contribution < -0.4 is 10.3 Å². The van der Waals surface area contributed by atoms with E-state index in [4.69, 9.17) is 9.84 Å². The molecule has 0 aliphatic heterocycles. The quantitative estimate of drug-likeness (QED) is 0.708. The van der Waals surface area contributed by atoms with Crippen LogP contribution in [0, 0.1) is 13.8 Å². The molecule has 2 aromatic heterocycles. The fourth-order valence-corrected chi connectivity index (χ4v) is 3.28. The van der Waals surface area contributed by atoms with Crippen LogP contribution in [0.5, 0.6) is 5.75 Å². The third-order valence-electron chi connectivity index (χ3n) is 3.66. The summed E-state index contributed by atoms with van der Waals surface area (Å²) >= 11 is 1.48. The zero-order valence-electron chi connectivity index (χ0n) is 13.6. The second-order valence-electron chi connectivity index (χ2n) is 5.32. The van der Waals surface area contributed by atoms with Crippen molar-refractivity contribution in [2.24, 2.45) is 5.10 Å². The van der Waals surface area contributed by atoms with Crippen molar-refractivity contribution in [2.75, 3.05) is 6.61 Å². The standard InChI is InChI=1S/C17H15N3O4S/c1-10-11(2)25-16-15(10)17(23)20(9-18-16)19-7-12-5-3-4-6-13(12)24-8-14(21)22/h3-7,9H,8H2,1-2H3,(H,21,22)/b19-7-. The lowest BCUT2D eigenvalue weighted by Gasteiger charge is -2.06. The highest BCUT2D eigenvalue weighted by Gasteiger charge is 2.11. The van der Waals surface area contributed by atoms with Crippen molar-refractivity contribution in [3.05, 3.63) is 57.0 Å². The molecule has 8 heteroatoms. The Hall–Kier alpha value is -3.00. The van der Waals surface area contributed by atoms with E-state index in [0.717, 1.165) is 15.1 Å². The first-order chi connectivity index (χ1) is 12.0. The van der Waals surface area contributed by atoms with Crippen molar-refractivity contribution in [2.45, 2.75) is 13.8 Å². The van der Waals surface area contributed by atoms with Crippen LogP contribution in [-0.4, -0.2) is 33.6 Å². The highest BCUT2D eigenvalue weighted by Crippen LogP contribution is 2.25. The largest absolute Gasteiger partial charge is 0.481 e. The summed E-state index contributed by atoms with van der Waals surface area (Å²) < 4.78 is 6.38. The molecule has 3 aromatic rings. The molecular weight excluding hydrogens is 342 g/mol. The van der Waals surface area contributed by atoms with E-state index < -0.39 is 12.6 Å². The summed E-state index contributed by atoms with van der Waals surface area (Å²) in [4.78, 5) is 29.3. The fraction of sp³-hybridized carbons (Fsp3) is 0.176. The van der Waals surface area contributed by atoms with Crippen molar-refractivity contribution in [3.63, 3.8) is 0 Å². The third kappa shape index (κ3) is 3.43. The number of rotatable bonds is 5. The number of hydrogen-bond donors (Lipinski definition) is 1. The van der Waals surface area contributed by atoms with Gasteiger partial charge in [0.1, 0.15) is 16.9 Å². The van der Waals surface area contributed by atoms with Crippen LogP contribution in [0.25, 0.3) is 10.2 Å². The second-order valence-corrected chi connectivity index (χ2v) is 6.53. The summed E-state index contributed by atoms with van der Waals surface area (Å²) in [6.07, 6.45) is 2.82. The van der Waals surface area contributed by atoms with Crippen molar-refractivity contribution in [3.8, 4) is 5.75 Å². The van der Waals surface area contributed by atoms with Crippen molar-refractivity contribution in [1.29, 1.82) is 0 Å². The number of aryl methyl sites for hydroxylation is 2. The van der Waals surface area contributed by atoms with Crippen LogP contribution in [0.4, 0.5) is 0 Å². The van der Waals surface area contributed by atoms with Gasteiger partial charge >= 0.3 is 5.97 Å². The molecule has 0 aliphatic carbocycles. The number of aromatic nitrogens is 2. The van der Waals surface area contributed by atoms with Crippen molar-refractivity contribution >= 4 is 33.7 Å². The molecule has 0 saturated carbocycles. The number of nitrogens with zero attached hydrogens (tertiary/aromatic N) is 3. The van der Waals surface area contributed by atoms with Gasteiger partial charge in [-0.05, 0) is 31.5 Å². The van der Waals surface area contributed by atoms with Gasteiger partial charge < -0.3 is 9.84 Å². The summed E-state index contributed by atoms with van der Waals surface area (Å²) in [6, 6.07) is 6.86. The Morgan fingerprint density at radius 3 is 2.92 bits per heavy atom. The van der Waals surface area contributed by atoms with Gasteiger partial charge in [-0.1, -0.05) is 12.1 Å². The molecule has 0 fully saturated rings. The molecule has 0 atom stereocenters. The maximum atomic E-state index is 12.6. The lowest BCUT2D eigenvalue weighted by molar-refractivity contribution is -0.139. The second kappa shape index (κ2) is 6.86. The highest BCUT2D eigenvalue weighted by atomic mass is 32.1. The Bertz CT molecular complexity index is 1040. The highest BCUT2D eigenvalue weighted by molar-refractivity contribution is 7.18. The van der Waals surface area contributed by atoms with Crippen LogP contribution in [0.15, 0.2) is 40.5 Å². The van der Waals surface area contributed by atoms with Gasteiger partial charge in [-0.25, -0.2) is 9.78 Å². The maximum Gasteiger partial charge on any atom is 0.341 e. The number of benzene rings is 1. The lowest BCUT2D eigenvalue weighted by Crippen LogP contribution is -2.17. The van der Waals surface area contributed by atoms with Crippen LogP contribution in [-0.2, 0) is 4.79 Å². The minimum absolute atomic E-state index is 0.243. The number of thiophene rings is 1. The van der Waals surface area contributed by atoms with Gasteiger partial charge in [-0.15, -0.1) is 11.3 Å². The van der Waals surface area contributed by atoms with Crippen LogP contribution in [0.1, 0.15) is 16.0 Å². The predicted molar refractivity (Wildman–Crippen MR) is 95.9 cm³/mol. The van der Waals surface area contributed by atoms with Gasteiger partial charge in [-0.3, -0.25) is 4.79 Å². The van der Waals surface area contributed by atoms with Crippen LogP contribution in [0.3, 0.4) is 0 Å². The van der Waals surface area contributed by atoms with E-state index in [1.807, 2.05) is 13.8 Å². The molecule has 0 bridgehead atoms. The molecule has 1 N–H and O–H groups in total. The lowest BCUT2D eigenvalue weighted by atomic mass is 10.2. The first-order valence-corrected chi connectivity index (χ1v) is 8.24. The normalized spacial score (nSPS) is 11.3. The number of fused-ring (bicyclic) bond motifs is 1.